The molecule has 1 heterocycles. The maximum Gasteiger partial charge on any atom is 0.303 e. The monoisotopic (exact) mass is 333 g/mol. The predicted octanol–water partition coefficient (Wildman–Crippen LogP) is 3.57. The first kappa shape index (κ1) is 17.8. The number of ether oxygens (including phenoxy) is 1. The van der Waals surface area contributed by atoms with Crippen LogP contribution < -0.4 is 10.1 Å². The number of methoxy groups -OCH3 is 1. The molecule has 0 saturated carbocycles. The van der Waals surface area contributed by atoms with Crippen LogP contribution in [-0.4, -0.2) is 24.1 Å². The van der Waals surface area contributed by atoms with E-state index in [1.54, 1.807) is 7.11 Å². The second-order valence-corrected chi connectivity index (χ2v) is 5.84. The number of carbonyl (C=O) groups is 2. The third-order valence-corrected chi connectivity index (χ3v) is 4.00. The van der Waals surface area contributed by atoms with Crippen molar-refractivity contribution in [3.05, 3.63) is 29.5 Å². The normalized spacial score (nSPS) is 12.1. The Labute approximate surface area is 140 Å². The molecule has 1 aromatic heterocycles. The van der Waals surface area contributed by atoms with Gasteiger partial charge in [0.25, 0.3) is 0 Å². The van der Waals surface area contributed by atoms with Gasteiger partial charge < -0.3 is 19.6 Å². The number of aryl methyl sites for hydroxylation is 1. The molecule has 24 heavy (non-hydrogen) atoms. The lowest BCUT2D eigenvalue weighted by atomic mass is 10.1. The highest BCUT2D eigenvalue weighted by atomic mass is 16.5. The zero-order valence-corrected chi connectivity index (χ0v) is 14.2. The molecule has 6 nitrogen and oxygen atoms in total. The second-order valence-electron chi connectivity index (χ2n) is 5.84. The smallest absolute Gasteiger partial charge is 0.303 e. The molecule has 2 rings (SSSR count). The number of carboxylic acid groups (broad SMARTS) is 1. The third kappa shape index (κ3) is 4.28. The molecule has 130 valence electrons. The van der Waals surface area contributed by atoms with Gasteiger partial charge in [-0.05, 0) is 44.9 Å². The van der Waals surface area contributed by atoms with Gasteiger partial charge in [-0.25, -0.2) is 0 Å². The number of fused-ring (bicyclic) bond motifs is 1. The lowest BCUT2D eigenvalue weighted by Crippen LogP contribution is -2.26. The van der Waals surface area contributed by atoms with Crippen LogP contribution in [0.5, 0.6) is 5.75 Å². The van der Waals surface area contributed by atoms with Crippen LogP contribution in [0.1, 0.15) is 50.0 Å². The fourth-order valence-electron chi connectivity index (χ4n) is 2.70. The van der Waals surface area contributed by atoms with Crippen LogP contribution in [0.4, 0.5) is 0 Å². The van der Waals surface area contributed by atoms with E-state index in [2.05, 4.69) is 5.32 Å². The van der Waals surface area contributed by atoms with Crippen molar-refractivity contribution in [2.45, 2.75) is 45.6 Å². The molecule has 1 amide bonds. The Balaban J connectivity index is 2.00. The molecule has 0 radical (unpaired) electrons. The van der Waals surface area contributed by atoms with Gasteiger partial charge in [-0.3, -0.25) is 9.59 Å². The van der Waals surface area contributed by atoms with Crippen molar-refractivity contribution >= 4 is 22.8 Å². The number of carbonyl (C=O) groups excluding carboxylic acids is 1. The van der Waals surface area contributed by atoms with Gasteiger partial charge in [-0.1, -0.05) is 0 Å². The number of benzene rings is 1. The van der Waals surface area contributed by atoms with Crippen molar-refractivity contribution in [3.63, 3.8) is 0 Å². The van der Waals surface area contributed by atoms with Crippen molar-refractivity contribution < 1.29 is 23.8 Å². The zero-order valence-electron chi connectivity index (χ0n) is 14.2. The number of amides is 1. The fourth-order valence-corrected chi connectivity index (χ4v) is 2.70. The number of nitrogens with one attached hydrogen (secondary N) is 1. The maximum atomic E-state index is 12.0. The topological polar surface area (TPSA) is 88.8 Å². The molecule has 1 aromatic carbocycles. The van der Waals surface area contributed by atoms with E-state index in [9.17, 15) is 9.59 Å². The van der Waals surface area contributed by atoms with E-state index in [0.717, 1.165) is 28.0 Å². The van der Waals surface area contributed by atoms with Crippen LogP contribution >= 0.6 is 0 Å². The molecule has 6 heteroatoms. The van der Waals surface area contributed by atoms with E-state index < -0.39 is 5.97 Å². The van der Waals surface area contributed by atoms with Crippen molar-refractivity contribution in [2.75, 3.05) is 7.11 Å². The summed E-state index contributed by atoms with van der Waals surface area (Å²) in [6.45, 7) is 3.83. The van der Waals surface area contributed by atoms with Gasteiger partial charge in [0.1, 0.15) is 17.1 Å². The predicted molar refractivity (Wildman–Crippen MR) is 90.2 cm³/mol. The molecule has 0 fully saturated rings. The van der Waals surface area contributed by atoms with Crippen molar-refractivity contribution in [1.82, 2.24) is 5.32 Å². The lowest BCUT2D eigenvalue weighted by molar-refractivity contribution is -0.137. The lowest BCUT2D eigenvalue weighted by Gasteiger charge is -2.12. The SMILES string of the molecule is COc1ccc2oc(C(C)NC(=O)CCCCC(=O)O)c(C)c2c1. The number of aliphatic carboxylic acids is 1. The first-order valence-electron chi connectivity index (χ1n) is 8.00. The minimum atomic E-state index is -0.836. The number of furan rings is 1. The van der Waals surface area contributed by atoms with E-state index in [1.807, 2.05) is 32.0 Å². The van der Waals surface area contributed by atoms with E-state index in [4.69, 9.17) is 14.3 Å². The highest BCUT2D eigenvalue weighted by Crippen LogP contribution is 2.31. The van der Waals surface area contributed by atoms with Gasteiger partial charge in [-0.2, -0.15) is 0 Å². The third-order valence-electron chi connectivity index (χ3n) is 4.00. The summed E-state index contributed by atoms with van der Waals surface area (Å²) in [6.07, 6.45) is 1.46. The molecule has 1 unspecified atom stereocenters. The largest absolute Gasteiger partial charge is 0.497 e. The summed E-state index contributed by atoms with van der Waals surface area (Å²) >= 11 is 0. The summed E-state index contributed by atoms with van der Waals surface area (Å²) in [5.74, 6) is 0.535. The van der Waals surface area contributed by atoms with Crippen LogP contribution in [0.3, 0.4) is 0 Å². The number of hydrogen-bond donors (Lipinski definition) is 2. The number of rotatable bonds is 8. The van der Waals surface area contributed by atoms with Crippen LogP contribution in [0.25, 0.3) is 11.0 Å². The average molecular weight is 333 g/mol. The van der Waals surface area contributed by atoms with Crippen molar-refractivity contribution in [1.29, 1.82) is 0 Å². The second kappa shape index (κ2) is 7.86. The Hall–Kier alpha value is -2.50. The zero-order chi connectivity index (χ0) is 17.7. The minimum absolute atomic E-state index is 0.0906. The summed E-state index contributed by atoms with van der Waals surface area (Å²) in [4.78, 5) is 22.4. The molecule has 0 aliphatic rings. The number of carboxylic acids is 1. The van der Waals surface area contributed by atoms with Gasteiger partial charge >= 0.3 is 5.97 Å². The summed E-state index contributed by atoms with van der Waals surface area (Å²) in [7, 11) is 1.62. The molecule has 0 saturated heterocycles. The van der Waals surface area contributed by atoms with Crippen LogP contribution in [0.2, 0.25) is 0 Å². The van der Waals surface area contributed by atoms with Gasteiger partial charge in [0.2, 0.25) is 5.91 Å². The molecule has 2 N–H and O–H groups in total. The standard InChI is InChI=1S/C18H23NO5/c1-11-14-10-13(23-3)8-9-15(14)24-18(11)12(2)19-16(20)6-4-5-7-17(21)22/h8-10,12H,4-7H2,1-3H3,(H,19,20)(H,21,22). The molecule has 1 atom stereocenters. The molecule has 0 aliphatic heterocycles. The minimum Gasteiger partial charge on any atom is -0.497 e. The molecule has 0 aliphatic carbocycles. The highest BCUT2D eigenvalue weighted by Gasteiger charge is 2.18. The van der Waals surface area contributed by atoms with E-state index in [-0.39, 0.29) is 18.4 Å². The summed E-state index contributed by atoms with van der Waals surface area (Å²) < 4.78 is 11.1. The molecule has 2 aromatic rings. The van der Waals surface area contributed by atoms with Crippen LogP contribution in [0, 0.1) is 6.92 Å². The maximum absolute atomic E-state index is 12.0. The van der Waals surface area contributed by atoms with Gasteiger partial charge in [-0.15, -0.1) is 0 Å². The van der Waals surface area contributed by atoms with Crippen molar-refractivity contribution in [2.24, 2.45) is 0 Å². The molecule has 0 spiro atoms. The highest BCUT2D eigenvalue weighted by molar-refractivity contribution is 5.84. The van der Waals surface area contributed by atoms with Gasteiger partial charge in [0, 0.05) is 23.8 Å². The summed E-state index contributed by atoms with van der Waals surface area (Å²) in [5.41, 5.74) is 1.73. The van der Waals surface area contributed by atoms with Gasteiger partial charge in [0.05, 0.1) is 13.2 Å². The molecular formula is C18H23NO5. The quantitative estimate of drug-likeness (QED) is 0.721. The Morgan fingerprint density at radius 3 is 2.67 bits per heavy atom. The Morgan fingerprint density at radius 1 is 1.29 bits per heavy atom. The van der Waals surface area contributed by atoms with Crippen LogP contribution in [0.15, 0.2) is 22.6 Å². The van der Waals surface area contributed by atoms with E-state index in [1.165, 1.54) is 0 Å². The average Bonchev–Trinajstić information content (AvgIpc) is 2.88. The van der Waals surface area contributed by atoms with E-state index in [0.29, 0.717) is 19.3 Å². The number of unbranched alkanes of at least 4 members (excludes halogenated alkanes) is 1. The number of hydrogen-bond acceptors (Lipinski definition) is 4. The summed E-state index contributed by atoms with van der Waals surface area (Å²) in [6, 6.07) is 5.35. The Kier molecular flexibility index (Phi) is 5.84. The van der Waals surface area contributed by atoms with Gasteiger partial charge in [0.15, 0.2) is 0 Å². The molecule has 0 bridgehead atoms. The fraction of sp³-hybridized carbons (Fsp3) is 0.444. The Morgan fingerprint density at radius 2 is 2.00 bits per heavy atom. The first-order chi connectivity index (χ1) is 11.4. The summed E-state index contributed by atoms with van der Waals surface area (Å²) in [5, 5.41) is 12.5. The first-order valence-corrected chi connectivity index (χ1v) is 8.00. The van der Waals surface area contributed by atoms with E-state index >= 15 is 0 Å². The van der Waals surface area contributed by atoms with Crippen molar-refractivity contribution in [3.8, 4) is 5.75 Å². The van der Waals surface area contributed by atoms with Crippen LogP contribution in [-0.2, 0) is 9.59 Å². The molecular weight excluding hydrogens is 310 g/mol. The Bertz CT molecular complexity index is 734.